The van der Waals surface area contributed by atoms with Crippen molar-refractivity contribution in [1.82, 2.24) is 9.62 Å². The van der Waals surface area contributed by atoms with Gasteiger partial charge in [-0.2, -0.15) is 4.31 Å². The quantitative estimate of drug-likeness (QED) is 0.718. The lowest BCUT2D eigenvalue weighted by Crippen LogP contribution is -2.45. The monoisotopic (exact) mass is 456 g/mol. The number of benzene rings is 2. The third kappa shape index (κ3) is 5.22. The van der Waals surface area contributed by atoms with Gasteiger partial charge in [-0.3, -0.25) is 4.79 Å². The number of piperidine rings is 1. The Balaban J connectivity index is 1.66. The van der Waals surface area contributed by atoms with Crippen LogP contribution in [0.3, 0.4) is 0 Å². The van der Waals surface area contributed by atoms with E-state index < -0.39 is 15.9 Å². The predicted octanol–water partition coefficient (Wildman–Crippen LogP) is 3.72. The molecule has 0 unspecified atom stereocenters. The lowest BCUT2D eigenvalue weighted by molar-refractivity contribution is -0.126. The topological polar surface area (TPSA) is 75.7 Å². The van der Waals surface area contributed by atoms with Gasteiger partial charge in [0.2, 0.25) is 15.9 Å². The first kappa shape index (κ1) is 21.9. The normalized spacial score (nSPS) is 17.7. The second-order valence-corrected chi connectivity index (χ2v) is 9.59. The molecule has 9 heteroatoms. The molecule has 0 saturated carbocycles. The van der Waals surface area contributed by atoms with Gasteiger partial charge in [0.1, 0.15) is 10.6 Å². The van der Waals surface area contributed by atoms with E-state index in [9.17, 15) is 13.2 Å². The molecule has 6 nitrogen and oxygen atoms in total. The van der Waals surface area contributed by atoms with E-state index >= 15 is 0 Å². The fraction of sp³-hybridized carbons (Fsp3) is 0.350. The molecule has 1 aliphatic rings. The highest BCUT2D eigenvalue weighted by Gasteiger charge is 2.34. The molecule has 2 aromatic carbocycles. The molecule has 2 aromatic rings. The van der Waals surface area contributed by atoms with Crippen LogP contribution in [0.4, 0.5) is 0 Å². The number of carbonyl (C=O) groups excluding carboxylic acids is 1. The molecule has 1 aliphatic heterocycles. The summed E-state index contributed by atoms with van der Waals surface area (Å²) in [6, 6.07) is 11.7. The Morgan fingerprint density at radius 3 is 2.62 bits per heavy atom. The van der Waals surface area contributed by atoms with Crippen molar-refractivity contribution < 1.29 is 17.9 Å². The molecular formula is C20H22Cl2N2O4S. The largest absolute Gasteiger partial charge is 0.497 e. The van der Waals surface area contributed by atoms with E-state index in [-0.39, 0.29) is 22.4 Å². The van der Waals surface area contributed by atoms with Crippen LogP contribution in [0.5, 0.6) is 5.75 Å². The predicted molar refractivity (Wildman–Crippen MR) is 113 cm³/mol. The summed E-state index contributed by atoms with van der Waals surface area (Å²) in [7, 11) is -2.24. The van der Waals surface area contributed by atoms with Gasteiger partial charge in [-0.15, -0.1) is 0 Å². The summed E-state index contributed by atoms with van der Waals surface area (Å²) in [5.74, 6) is 0.153. The molecule has 1 atom stereocenters. The number of halogens is 2. The van der Waals surface area contributed by atoms with E-state index in [4.69, 9.17) is 27.9 Å². The maximum atomic E-state index is 13.0. The van der Waals surface area contributed by atoms with Gasteiger partial charge in [-0.1, -0.05) is 35.3 Å². The van der Waals surface area contributed by atoms with Crippen LogP contribution in [0.15, 0.2) is 47.4 Å². The lowest BCUT2D eigenvalue weighted by atomic mass is 9.99. The summed E-state index contributed by atoms with van der Waals surface area (Å²) in [4.78, 5) is 12.6. The van der Waals surface area contributed by atoms with E-state index in [1.165, 1.54) is 22.5 Å². The number of methoxy groups -OCH3 is 1. The smallest absolute Gasteiger partial charge is 0.244 e. The Labute approximate surface area is 180 Å². The van der Waals surface area contributed by atoms with Crippen LogP contribution in [0.25, 0.3) is 0 Å². The molecule has 0 aliphatic carbocycles. The third-order valence-corrected chi connectivity index (χ3v) is 7.47. The maximum absolute atomic E-state index is 13.0. The maximum Gasteiger partial charge on any atom is 0.244 e. The van der Waals surface area contributed by atoms with Gasteiger partial charge < -0.3 is 10.1 Å². The molecule has 156 valence electrons. The van der Waals surface area contributed by atoms with Crippen molar-refractivity contribution in [2.75, 3.05) is 20.2 Å². The molecule has 0 aromatic heterocycles. The van der Waals surface area contributed by atoms with Crippen LogP contribution in [-0.2, 0) is 21.4 Å². The number of carbonyl (C=O) groups is 1. The van der Waals surface area contributed by atoms with Gasteiger partial charge in [0.05, 0.1) is 18.1 Å². The van der Waals surface area contributed by atoms with Crippen LogP contribution in [0.1, 0.15) is 18.4 Å². The van der Waals surface area contributed by atoms with Gasteiger partial charge in [-0.25, -0.2) is 8.42 Å². The number of nitrogens with one attached hydrogen (secondary N) is 1. The summed E-state index contributed by atoms with van der Waals surface area (Å²) >= 11 is 12.0. The summed E-state index contributed by atoms with van der Waals surface area (Å²) in [6.07, 6.45) is 1.22. The average Bonchev–Trinajstić information content (AvgIpc) is 2.74. The molecule has 1 fully saturated rings. The fourth-order valence-corrected chi connectivity index (χ4v) is 5.53. The minimum absolute atomic E-state index is 0.0362. The highest BCUT2D eigenvalue weighted by atomic mass is 35.5. The molecule has 0 radical (unpaired) electrons. The molecule has 29 heavy (non-hydrogen) atoms. The molecule has 1 amide bonds. The number of nitrogens with zero attached hydrogens (tertiary/aromatic N) is 1. The number of ether oxygens (including phenoxy) is 1. The van der Waals surface area contributed by atoms with Crippen molar-refractivity contribution in [3.63, 3.8) is 0 Å². The molecule has 0 spiro atoms. The summed E-state index contributed by atoms with van der Waals surface area (Å²) in [5.41, 5.74) is 0.935. The number of hydrogen-bond acceptors (Lipinski definition) is 4. The standard InChI is InChI=1S/C20H22Cl2N2O4S/c1-28-17-7-4-14(5-8-17)12-23-20(25)15-3-2-10-24(13-15)29(26,27)19-11-16(21)6-9-18(19)22/h4-9,11,15H,2-3,10,12-13H2,1H3,(H,23,25)/t15-/m1/s1. The number of amides is 1. The zero-order valence-corrected chi connectivity index (χ0v) is 18.2. The first-order chi connectivity index (χ1) is 13.8. The molecule has 0 bridgehead atoms. The summed E-state index contributed by atoms with van der Waals surface area (Å²) < 4.78 is 32.4. The van der Waals surface area contributed by atoms with Gasteiger partial charge in [-0.05, 0) is 48.7 Å². The lowest BCUT2D eigenvalue weighted by Gasteiger charge is -2.31. The second kappa shape index (κ2) is 9.34. The first-order valence-corrected chi connectivity index (χ1v) is 11.4. The van der Waals surface area contributed by atoms with E-state index in [0.29, 0.717) is 31.0 Å². The Hall–Kier alpha value is -1.80. The SMILES string of the molecule is COc1ccc(CNC(=O)[C@@H]2CCCN(S(=O)(=O)c3cc(Cl)ccc3Cl)C2)cc1. The minimum atomic E-state index is -3.83. The highest BCUT2D eigenvalue weighted by molar-refractivity contribution is 7.89. The van der Waals surface area contributed by atoms with E-state index in [2.05, 4.69) is 5.32 Å². The van der Waals surface area contributed by atoms with Crippen LogP contribution in [0, 0.1) is 5.92 Å². The Morgan fingerprint density at radius 2 is 1.93 bits per heavy atom. The molecule has 1 N–H and O–H groups in total. The van der Waals surface area contributed by atoms with Crippen LogP contribution < -0.4 is 10.1 Å². The minimum Gasteiger partial charge on any atom is -0.497 e. The molecular weight excluding hydrogens is 435 g/mol. The summed E-state index contributed by atoms with van der Waals surface area (Å²) in [6.45, 7) is 0.819. The Morgan fingerprint density at radius 1 is 1.21 bits per heavy atom. The molecule has 1 heterocycles. The number of hydrogen-bond donors (Lipinski definition) is 1. The van der Waals surface area contributed by atoms with Crippen molar-refractivity contribution in [1.29, 1.82) is 0 Å². The van der Waals surface area contributed by atoms with Crippen molar-refractivity contribution in [2.24, 2.45) is 5.92 Å². The van der Waals surface area contributed by atoms with Crippen LogP contribution >= 0.6 is 23.2 Å². The summed E-state index contributed by atoms with van der Waals surface area (Å²) in [5, 5.41) is 3.29. The van der Waals surface area contributed by atoms with Crippen molar-refractivity contribution in [3.05, 3.63) is 58.1 Å². The number of sulfonamides is 1. The van der Waals surface area contributed by atoms with E-state index in [1.54, 1.807) is 7.11 Å². The van der Waals surface area contributed by atoms with Gasteiger partial charge in [0.15, 0.2) is 0 Å². The Kier molecular flexibility index (Phi) is 7.05. The zero-order chi connectivity index (χ0) is 21.0. The van der Waals surface area contributed by atoms with Crippen molar-refractivity contribution >= 4 is 39.1 Å². The highest BCUT2D eigenvalue weighted by Crippen LogP contribution is 2.30. The first-order valence-electron chi connectivity index (χ1n) is 9.17. The zero-order valence-electron chi connectivity index (χ0n) is 15.9. The van der Waals surface area contributed by atoms with Crippen LogP contribution in [-0.4, -0.2) is 38.8 Å². The second-order valence-electron chi connectivity index (χ2n) is 6.84. The van der Waals surface area contributed by atoms with Crippen molar-refractivity contribution in [3.8, 4) is 5.75 Å². The van der Waals surface area contributed by atoms with Gasteiger partial charge in [0, 0.05) is 24.7 Å². The third-order valence-electron chi connectivity index (χ3n) is 4.89. The molecule has 3 rings (SSSR count). The molecule has 1 saturated heterocycles. The average molecular weight is 457 g/mol. The van der Waals surface area contributed by atoms with Gasteiger partial charge in [0.25, 0.3) is 0 Å². The van der Waals surface area contributed by atoms with Crippen molar-refractivity contribution in [2.45, 2.75) is 24.3 Å². The number of rotatable bonds is 6. The van der Waals surface area contributed by atoms with Gasteiger partial charge >= 0.3 is 0 Å². The Bertz CT molecular complexity index is 980. The van der Waals surface area contributed by atoms with Crippen LogP contribution in [0.2, 0.25) is 10.0 Å². The van der Waals surface area contributed by atoms with E-state index in [0.717, 1.165) is 11.3 Å². The van der Waals surface area contributed by atoms with E-state index in [1.807, 2.05) is 24.3 Å². The fourth-order valence-electron chi connectivity index (χ4n) is 3.27.